The van der Waals surface area contributed by atoms with Crippen molar-refractivity contribution in [2.24, 2.45) is 0 Å². The van der Waals surface area contributed by atoms with E-state index < -0.39 is 5.92 Å². The summed E-state index contributed by atoms with van der Waals surface area (Å²) in [6.45, 7) is 5.78. The van der Waals surface area contributed by atoms with Crippen LogP contribution < -0.4 is 4.90 Å². The van der Waals surface area contributed by atoms with Gasteiger partial charge in [0.2, 0.25) is 0 Å². The van der Waals surface area contributed by atoms with E-state index in [9.17, 15) is 4.79 Å². The van der Waals surface area contributed by atoms with Gasteiger partial charge in [0.25, 0.3) is 0 Å². The van der Waals surface area contributed by atoms with Gasteiger partial charge in [-0.15, -0.1) is 0 Å². The van der Waals surface area contributed by atoms with E-state index in [0.717, 1.165) is 50.6 Å². The van der Waals surface area contributed by atoms with Crippen LogP contribution in [0.25, 0.3) is 0 Å². The Bertz CT molecular complexity index is 487. The lowest BCUT2D eigenvalue weighted by atomic mass is 10.0. The van der Waals surface area contributed by atoms with E-state index in [4.69, 9.17) is 10.00 Å². The summed E-state index contributed by atoms with van der Waals surface area (Å²) in [6.07, 6.45) is 0.684. The molecule has 0 aliphatic carbocycles. The van der Waals surface area contributed by atoms with Crippen LogP contribution in [0.4, 0.5) is 5.69 Å². The maximum atomic E-state index is 10.8. The number of anilines is 1. The number of carbonyl (C=O) groups is 1. The zero-order valence-electron chi connectivity index (χ0n) is 12.4. The topological polar surface area (TPSA) is 56.6 Å². The van der Waals surface area contributed by atoms with Crippen LogP contribution in [-0.4, -0.2) is 57.6 Å². The third-order valence-corrected chi connectivity index (χ3v) is 3.88. The van der Waals surface area contributed by atoms with Crippen LogP contribution in [0.5, 0.6) is 0 Å². The monoisotopic (exact) mass is 287 g/mol. The predicted octanol–water partition coefficient (Wildman–Crippen LogP) is 1.26. The van der Waals surface area contributed by atoms with Gasteiger partial charge in [-0.05, 0) is 17.7 Å². The van der Waals surface area contributed by atoms with Gasteiger partial charge in [0.1, 0.15) is 12.2 Å². The molecule has 0 spiro atoms. The highest BCUT2D eigenvalue weighted by molar-refractivity contribution is 5.67. The lowest BCUT2D eigenvalue weighted by molar-refractivity contribution is -0.108. The first-order valence-electron chi connectivity index (χ1n) is 7.19. The van der Waals surface area contributed by atoms with Crippen molar-refractivity contribution in [1.29, 1.82) is 5.26 Å². The van der Waals surface area contributed by atoms with Gasteiger partial charge in [0.15, 0.2) is 0 Å². The summed E-state index contributed by atoms with van der Waals surface area (Å²) in [5.74, 6) is -0.662. The van der Waals surface area contributed by atoms with E-state index >= 15 is 0 Å². The maximum absolute atomic E-state index is 10.8. The Morgan fingerprint density at radius 2 is 1.95 bits per heavy atom. The van der Waals surface area contributed by atoms with Crippen molar-refractivity contribution in [2.45, 2.75) is 5.92 Å². The van der Waals surface area contributed by atoms with Crippen LogP contribution in [0.2, 0.25) is 0 Å². The van der Waals surface area contributed by atoms with Gasteiger partial charge >= 0.3 is 0 Å². The fourth-order valence-electron chi connectivity index (χ4n) is 2.53. The molecule has 1 aliphatic heterocycles. The number of aldehydes is 1. The van der Waals surface area contributed by atoms with Gasteiger partial charge < -0.3 is 14.4 Å². The number of benzene rings is 1. The molecule has 21 heavy (non-hydrogen) atoms. The van der Waals surface area contributed by atoms with Gasteiger partial charge in [0, 0.05) is 45.5 Å². The van der Waals surface area contributed by atoms with Crippen molar-refractivity contribution in [3.63, 3.8) is 0 Å². The maximum Gasteiger partial charge on any atom is 0.141 e. The number of hydrogen-bond acceptors (Lipinski definition) is 5. The molecule has 112 valence electrons. The average Bonchev–Trinajstić information content (AvgIpc) is 2.55. The molecule has 5 heteroatoms. The van der Waals surface area contributed by atoms with Crippen LogP contribution >= 0.6 is 0 Å². The molecule has 0 bridgehead atoms. The van der Waals surface area contributed by atoms with Crippen LogP contribution in [0.15, 0.2) is 24.3 Å². The molecule has 1 aromatic rings. The van der Waals surface area contributed by atoms with Gasteiger partial charge in [-0.1, -0.05) is 12.1 Å². The van der Waals surface area contributed by atoms with E-state index in [1.807, 2.05) is 30.3 Å². The van der Waals surface area contributed by atoms with Crippen LogP contribution in [0.3, 0.4) is 0 Å². The van der Waals surface area contributed by atoms with Gasteiger partial charge in [-0.25, -0.2) is 0 Å². The molecule has 0 amide bonds. The summed E-state index contributed by atoms with van der Waals surface area (Å²) >= 11 is 0. The van der Waals surface area contributed by atoms with E-state index in [-0.39, 0.29) is 0 Å². The van der Waals surface area contributed by atoms with Crippen molar-refractivity contribution in [3.8, 4) is 6.07 Å². The van der Waals surface area contributed by atoms with Gasteiger partial charge in [-0.2, -0.15) is 5.26 Å². The van der Waals surface area contributed by atoms with Gasteiger partial charge in [-0.3, -0.25) is 4.90 Å². The third kappa shape index (κ3) is 4.03. The molecule has 1 aromatic carbocycles. The fraction of sp³-hybridized carbons (Fsp3) is 0.500. The number of ether oxygens (including phenoxy) is 1. The van der Waals surface area contributed by atoms with E-state index in [2.05, 4.69) is 9.80 Å². The molecular formula is C16H21N3O2. The van der Waals surface area contributed by atoms with E-state index in [1.54, 1.807) is 7.11 Å². The normalized spacial score (nSPS) is 17.2. The lowest BCUT2D eigenvalue weighted by Crippen LogP contribution is -2.47. The van der Waals surface area contributed by atoms with Crippen molar-refractivity contribution in [1.82, 2.24) is 4.90 Å². The molecule has 0 radical (unpaired) electrons. The first-order chi connectivity index (χ1) is 10.3. The average molecular weight is 287 g/mol. The number of rotatable bonds is 6. The van der Waals surface area contributed by atoms with Crippen LogP contribution in [0, 0.1) is 11.3 Å². The molecule has 1 saturated heterocycles. The van der Waals surface area contributed by atoms with Crippen molar-refractivity contribution in [3.05, 3.63) is 29.8 Å². The first-order valence-corrected chi connectivity index (χ1v) is 7.19. The smallest absolute Gasteiger partial charge is 0.141 e. The molecule has 2 rings (SSSR count). The Balaban J connectivity index is 1.92. The molecule has 0 saturated carbocycles. The molecular weight excluding hydrogens is 266 g/mol. The molecule has 1 fully saturated rings. The number of methoxy groups -OCH3 is 1. The molecule has 1 heterocycles. The molecule has 1 unspecified atom stereocenters. The number of carbonyl (C=O) groups excluding carboxylic acids is 1. The minimum atomic E-state index is -0.662. The predicted molar refractivity (Wildman–Crippen MR) is 81.4 cm³/mol. The molecule has 1 atom stereocenters. The quantitative estimate of drug-likeness (QED) is 0.737. The molecule has 1 aliphatic rings. The standard InChI is InChI=1S/C16H21N3O2/c1-21-11-10-18-6-8-19(9-7-18)16-4-2-14(3-5-16)15(12-17)13-20/h2-5,13,15H,6-11H2,1H3. The molecule has 0 aromatic heterocycles. The second kappa shape index (κ2) is 7.77. The fourth-order valence-corrected chi connectivity index (χ4v) is 2.53. The number of piperazine rings is 1. The van der Waals surface area contributed by atoms with E-state index in [0.29, 0.717) is 6.29 Å². The zero-order valence-corrected chi connectivity index (χ0v) is 12.4. The summed E-state index contributed by atoms with van der Waals surface area (Å²) in [6, 6.07) is 9.72. The number of nitriles is 1. The Morgan fingerprint density at radius 1 is 1.29 bits per heavy atom. The third-order valence-electron chi connectivity index (χ3n) is 3.88. The summed E-state index contributed by atoms with van der Waals surface area (Å²) in [4.78, 5) is 15.5. The first kappa shape index (κ1) is 15.5. The summed E-state index contributed by atoms with van der Waals surface area (Å²) in [5.41, 5.74) is 1.91. The summed E-state index contributed by atoms with van der Waals surface area (Å²) in [5, 5.41) is 8.89. The highest BCUT2D eigenvalue weighted by Gasteiger charge is 2.17. The zero-order chi connectivity index (χ0) is 15.1. The van der Waals surface area contributed by atoms with E-state index in [1.165, 1.54) is 0 Å². The van der Waals surface area contributed by atoms with Crippen molar-refractivity contribution in [2.75, 3.05) is 51.3 Å². The van der Waals surface area contributed by atoms with Crippen LogP contribution in [-0.2, 0) is 9.53 Å². The highest BCUT2D eigenvalue weighted by Crippen LogP contribution is 2.20. The Hall–Kier alpha value is -1.90. The Morgan fingerprint density at radius 3 is 2.48 bits per heavy atom. The molecule has 5 nitrogen and oxygen atoms in total. The number of hydrogen-bond donors (Lipinski definition) is 0. The minimum absolute atomic E-state index is 0.662. The largest absolute Gasteiger partial charge is 0.383 e. The lowest BCUT2D eigenvalue weighted by Gasteiger charge is -2.36. The highest BCUT2D eigenvalue weighted by atomic mass is 16.5. The summed E-state index contributed by atoms with van der Waals surface area (Å²) < 4.78 is 5.10. The molecule has 0 N–H and O–H groups in total. The second-order valence-corrected chi connectivity index (χ2v) is 5.16. The van der Waals surface area contributed by atoms with Crippen LogP contribution in [0.1, 0.15) is 11.5 Å². The minimum Gasteiger partial charge on any atom is -0.383 e. The Kier molecular flexibility index (Phi) is 5.73. The summed E-state index contributed by atoms with van der Waals surface area (Å²) in [7, 11) is 1.73. The van der Waals surface area contributed by atoms with Gasteiger partial charge in [0.05, 0.1) is 12.7 Å². The SMILES string of the molecule is COCCN1CCN(c2ccc(C(C#N)C=O)cc2)CC1. The second-order valence-electron chi connectivity index (χ2n) is 5.16. The Labute approximate surface area is 125 Å². The van der Waals surface area contributed by atoms with Crippen molar-refractivity contribution >= 4 is 12.0 Å². The van der Waals surface area contributed by atoms with Crippen molar-refractivity contribution < 1.29 is 9.53 Å². The number of nitrogens with zero attached hydrogens (tertiary/aromatic N) is 3.